The molecule has 0 aliphatic carbocycles. The molecule has 4 rings (SSSR count). The molecule has 0 spiro atoms. The molecule has 212 valence electrons. The van der Waals surface area contributed by atoms with Gasteiger partial charge in [-0.25, -0.2) is 0 Å². The average Bonchev–Trinajstić information content (AvgIpc) is 3.28. The van der Waals surface area contributed by atoms with Crippen LogP contribution in [-0.4, -0.2) is 54.9 Å². The highest BCUT2D eigenvalue weighted by Gasteiger charge is 2.52. The zero-order valence-electron chi connectivity index (χ0n) is 22.4. The molecule has 9 nitrogen and oxygen atoms in total. The van der Waals surface area contributed by atoms with Crippen LogP contribution in [0.2, 0.25) is 5.02 Å². The van der Waals surface area contributed by atoms with E-state index in [1.807, 2.05) is 24.3 Å². The maximum Gasteiger partial charge on any atom is 0.303 e. The average molecular weight is 589 g/mol. The van der Waals surface area contributed by atoms with Gasteiger partial charge in [0.1, 0.15) is 18.8 Å². The number of thiophene rings is 1. The van der Waals surface area contributed by atoms with Crippen molar-refractivity contribution in [1.29, 1.82) is 0 Å². The Morgan fingerprint density at radius 3 is 2.12 bits per heavy atom. The lowest BCUT2D eigenvalue weighted by atomic mass is 9.89. The number of fused-ring (bicyclic) bond motifs is 1. The van der Waals surface area contributed by atoms with Crippen molar-refractivity contribution >= 4 is 56.9 Å². The number of ether oxygens (including phenoxy) is 5. The number of esters is 4. The lowest BCUT2D eigenvalue weighted by molar-refractivity contribution is -0.254. The lowest BCUT2D eigenvalue weighted by Crippen LogP contribution is -2.59. The first-order valence-corrected chi connectivity index (χ1v) is 13.8. The fraction of sp³-hybridized carbons (Fsp3) is 0.379. The molecule has 0 amide bonds. The minimum absolute atomic E-state index is 0.295. The molecule has 0 saturated carbocycles. The number of rotatable bonds is 8. The topological polar surface area (TPSA) is 114 Å². The van der Waals surface area contributed by atoms with Gasteiger partial charge < -0.3 is 23.7 Å². The first-order chi connectivity index (χ1) is 19.0. The molecule has 1 aliphatic rings. The van der Waals surface area contributed by atoms with Gasteiger partial charge in [0.25, 0.3) is 0 Å². The highest BCUT2D eigenvalue weighted by molar-refractivity contribution is 7.19. The van der Waals surface area contributed by atoms with Gasteiger partial charge in [0, 0.05) is 48.7 Å². The fourth-order valence-electron chi connectivity index (χ4n) is 4.72. The van der Waals surface area contributed by atoms with Crippen LogP contribution in [0.3, 0.4) is 0 Å². The van der Waals surface area contributed by atoms with Gasteiger partial charge >= 0.3 is 23.9 Å². The molecule has 11 heteroatoms. The molecule has 2 aromatic carbocycles. The van der Waals surface area contributed by atoms with Crippen LogP contribution in [0, 0.1) is 0 Å². The van der Waals surface area contributed by atoms with E-state index in [9.17, 15) is 19.2 Å². The summed E-state index contributed by atoms with van der Waals surface area (Å²) in [5, 5.41) is 1.67. The summed E-state index contributed by atoms with van der Waals surface area (Å²) in [6, 6.07) is 15.5. The second kappa shape index (κ2) is 12.8. The largest absolute Gasteiger partial charge is 0.463 e. The Kier molecular flexibility index (Phi) is 9.44. The smallest absolute Gasteiger partial charge is 0.303 e. The van der Waals surface area contributed by atoms with E-state index in [-0.39, 0.29) is 6.61 Å². The van der Waals surface area contributed by atoms with Crippen LogP contribution in [0.25, 0.3) is 10.1 Å². The van der Waals surface area contributed by atoms with Crippen LogP contribution in [0.15, 0.2) is 48.5 Å². The Morgan fingerprint density at radius 2 is 1.48 bits per heavy atom. The van der Waals surface area contributed by atoms with E-state index in [1.165, 1.54) is 27.7 Å². The van der Waals surface area contributed by atoms with E-state index >= 15 is 0 Å². The summed E-state index contributed by atoms with van der Waals surface area (Å²) in [5.74, 6) is -2.61. The van der Waals surface area contributed by atoms with Crippen molar-refractivity contribution in [2.24, 2.45) is 0 Å². The minimum Gasteiger partial charge on any atom is -0.463 e. The molecule has 2 heterocycles. The number of carbonyl (C=O) groups excluding carboxylic acids is 4. The van der Waals surface area contributed by atoms with E-state index in [1.54, 1.807) is 23.5 Å². The second-order valence-electron chi connectivity index (χ2n) is 9.40. The van der Waals surface area contributed by atoms with Crippen molar-refractivity contribution in [3.05, 3.63) is 69.6 Å². The number of hydrogen-bond acceptors (Lipinski definition) is 10. The van der Waals surface area contributed by atoms with Crippen molar-refractivity contribution in [1.82, 2.24) is 0 Å². The quantitative estimate of drug-likeness (QED) is 0.266. The molecular formula is C29H29ClO9S. The van der Waals surface area contributed by atoms with Gasteiger partial charge in [-0.3, -0.25) is 19.2 Å². The predicted molar refractivity (Wildman–Crippen MR) is 147 cm³/mol. The van der Waals surface area contributed by atoms with Gasteiger partial charge in [0.05, 0.1) is 0 Å². The molecule has 0 radical (unpaired) electrons. The number of halogens is 1. The molecule has 0 N–H and O–H groups in total. The van der Waals surface area contributed by atoms with Crippen LogP contribution in [0.5, 0.6) is 0 Å². The molecule has 1 fully saturated rings. The molecule has 3 aromatic rings. The van der Waals surface area contributed by atoms with E-state index < -0.39 is 54.4 Å². The maximum atomic E-state index is 12.2. The van der Waals surface area contributed by atoms with Crippen molar-refractivity contribution in [2.45, 2.75) is 64.6 Å². The highest BCUT2D eigenvalue weighted by Crippen LogP contribution is 2.39. The molecular weight excluding hydrogens is 560 g/mol. The number of carbonyl (C=O) groups is 4. The zero-order chi connectivity index (χ0) is 29.0. The molecule has 1 saturated heterocycles. The van der Waals surface area contributed by atoms with E-state index in [2.05, 4.69) is 12.1 Å². The third-order valence-corrected chi connectivity index (χ3v) is 7.72. The Labute approximate surface area is 240 Å². The predicted octanol–water partition coefficient (Wildman–Crippen LogP) is 4.94. The summed E-state index contributed by atoms with van der Waals surface area (Å²) < 4.78 is 29.2. The Balaban J connectivity index is 1.74. The Morgan fingerprint density at radius 1 is 0.825 bits per heavy atom. The van der Waals surface area contributed by atoms with Gasteiger partial charge in [0.15, 0.2) is 18.3 Å². The summed E-state index contributed by atoms with van der Waals surface area (Å²) in [6.45, 7) is 4.51. The summed E-state index contributed by atoms with van der Waals surface area (Å²) in [6.07, 6.45) is -5.11. The van der Waals surface area contributed by atoms with Crippen molar-refractivity contribution in [3.8, 4) is 0 Å². The van der Waals surface area contributed by atoms with E-state index in [0.29, 0.717) is 17.0 Å². The Hall–Kier alpha value is -3.47. The summed E-state index contributed by atoms with van der Waals surface area (Å²) in [7, 11) is 0. The minimum atomic E-state index is -1.24. The molecule has 1 unspecified atom stereocenters. The molecule has 5 atom stereocenters. The normalized spacial score (nSPS) is 22.4. The number of hydrogen-bond donors (Lipinski definition) is 0. The SMILES string of the molecule is CC(=O)OC[C@H]1OC(c2ccc(Cl)c(Cc3cc4ccccc4s3)c2)[C@H](OC(C)=O)[C@@H](OC(C)=O)[C@@H]1OC(C)=O. The van der Waals surface area contributed by atoms with Crippen LogP contribution in [0.1, 0.15) is 49.8 Å². The van der Waals surface area contributed by atoms with Gasteiger partial charge in [-0.05, 0) is 34.7 Å². The van der Waals surface area contributed by atoms with E-state index in [0.717, 1.165) is 20.5 Å². The Bertz CT molecular complexity index is 1380. The van der Waals surface area contributed by atoms with Crippen molar-refractivity contribution in [2.75, 3.05) is 6.61 Å². The maximum absolute atomic E-state index is 12.2. The first kappa shape index (κ1) is 29.5. The van der Waals surface area contributed by atoms with Gasteiger partial charge in [-0.1, -0.05) is 41.9 Å². The van der Waals surface area contributed by atoms with Crippen LogP contribution >= 0.6 is 22.9 Å². The summed E-state index contributed by atoms with van der Waals surface area (Å²) in [5.41, 5.74) is 1.39. The first-order valence-electron chi connectivity index (χ1n) is 12.6. The second-order valence-corrected chi connectivity index (χ2v) is 11.0. The number of benzene rings is 2. The molecule has 1 aliphatic heterocycles. The van der Waals surface area contributed by atoms with Gasteiger partial charge in [0.2, 0.25) is 0 Å². The summed E-state index contributed by atoms with van der Waals surface area (Å²) in [4.78, 5) is 49.0. The van der Waals surface area contributed by atoms with E-state index in [4.69, 9.17) is 35.3 Å². The van der Waals surface area contributed by atoms with Crippen LogP contribution in [0.4, 0.5) is 0 Å². The van der Waals surface area contributed by atoms with Gasteiger partial charge in [-0.2, -0.15) is 0 Å². The standard InChI is InChI=1S/C29H29ClO9S/c1-15(31)35-14-24-27(36-16(2)32)29(38-18(4)34)28(37-17(3)33)26(39-24)20-9-10-23(30)21(11-20)13-22-12-19-7-5-6-8-25(19)40-22/h5-12,24,26-29H,13-14H2,1-4H3/t24-,26?,27-,28+,29+/m1/s1. The highest BCUT2D eigenvalue weighted by atomic mass is 35.5. The zero-order valence-corrected chi connectivity index (χ0v) is 24.0. The van der Waals surface area contributed by atoms with Gasteiger partial charge in [-0.15, -0.1) is 11.3 Å². The third-order valence-electron chi connectivity index (χ3n) is 6.23. The monoisotopic (exact) mass is 588 g/mol. The molecule has 40 heavy (non-hydrogen) atoms. The van der Waals surface area contributed by atoms with Crippen molar-refractivity contribution < 1.29 is 42.9 Å². The lowest BCUT2D eigenvalue weighted by Gasteiger charge is -2.44. The van der Waals surface area contributed by atoms with Crippen molar-refractivity contribution in [3.63, 3.8) is 0 Å². The third kappa shape index (κ3) is 7.18. The summed E-state index contributed by atoms with van der Waals surface area (Å²) >= 11 is 8.25. The fourth-order valence-corrected chi connectivity index (χ4v) is 5.99. The van der Waals surface area contributed by atoms with Crippen LogP contribution in [-0.2, 0) is 49.3 Å². The molecule has 1 aromatic heterocycles. The molecule has 0 bridgehead atoms. The van der Waals surface area contributed by atoms with Crippen LogP contribution < -0.4 is 0 Å².